The van der Waals surface area contributed by atoms with Gasteiger partial charge >= 0.3 is 0 Å². The molecule has 0 amide bonds. The second-order valence-corrected chi connectivity index (χ2v) is 4.05. The smallest absolute Gasteiger partial charge is 0.0457 e. The van der Waals surface area contributed by atoms with E-state index < -0.39 is 0 Å². The minimum absolute atomic E-state index is 1.07. The van der Waals surface area contributed by atoms with E-state index in [0.717, 1.165) is 11.4 Å². The molecule has 0 aliphatic rings. The zero-order valence-corrected chi connectivity index (χ0v) is 9.36. The Morgan fingerprint density at radius 3 is 1.56 bits per heavy atom. The zero-order valence-electron chi connectivity index (χ0n) is 9.36. The van der Waals surface area contributed by atoms with E-state index in [4.69, 9.17) is 0 Å². The standard InChI is InChI=1S/C14H12N2/c1-9-13-11(5-7-15-9)3-4-12-6-8-16-10(2)14(12)13/h3-8H,1-2H3. The van der Waals surface area contributed by atoms with Crippen LogP contribution in [-0.2, 0) is 0 Å². The van der Waals surface area contributed by atoms with Crippen molar-refractivity contribution < 1.29 is 0 Å². The minimum Gasteiger partial charge on any atom is -0.261 e. The highest BCUT2D eigenvalue weighted by Crippen LogP contribution is 2.28. The molecular weight excluding hydrogens is 196 g/mol. The molecule has 16 heavy (non-hydrogen) atoms. The summed E-state index contributed by atoms with van der Waals surface area (Å²) in [6.45, 7) is 4.10. The molecule has 0 fully saturated rings. The van der Waals surface area contributed by atoms with E-state index >= 15 is 0 Å². The first-order chi connectivity index (χ1) is 7.77. The number of nitrogens with zero attached hydrogens (tertiary/aromatic N) is 2. The molecule has 2 heterocycles. The first kappa shape index (κ1) is 9.28. The number of aromatic nitrogens is 2. The Morgan fingerprint density at radius 1 is 0.688 bits per heavy atom. The summed E-state index contributed by atoms with van der Waals surface area (Å²) >= 11 is 0. The minimum atomic E-state index is 1.07. The molecule has 0 saturated heterocycles. The lowest BCUT2D eigenvalue weighted by molar-refractivity contribution is 1.22. The van der Waals surface area contributed by atoms with Crippen LogP contribution < -0.4 is 0 Å². The molecule has 0 radical (unpaired) electrons. The van der Waals surface area contributed by atoms with Crippen LogP contribution in [0.1, 0.15) is 11.4 Å². The van der Waals surface area contributed by atoms with Crippen LogP contribution in [-0.4, -0.2) is 9.97 Å². The van der Waals surface area contributed by atoms with Crippen molar-refractivity contribution in [2.75, 3.05) is 0 Å². The third-order valence-corrected chi connectivity index (χ3v) is 3.04. The summed E-state index contributed by atoms with van der Waals surface area (Å²) in [5, 5.41) is 4.92. The highest BCUT2D eigenvalue weighted by Gasteiger charge is 2.06. The van der Waals surface area contributed by atoms with Gasteiger partial charge in [-0.3, -0.25) is 9.97 Å². The van der Waals surface area contributed by atoms with Crippen molar-refractivity contribution in [3.05, 3.63) is 48.0 Å². The van der Waals surface area contributed by atoms with Crippen LogP contribution in [0.5, 0.6) is 0 Å². The number of fused-ring (bicyclic) bond motifs is 3. The van der Waals surface area contributed by atoms with E-state index in [1.165, 1.54) is 21.5 Å². The Kier molecular flexibility index (Phi) is 1.90. The van der Waals surface area contributed by atoms with Crippen molar-refractivity contribution in [3.8, 4) is 0 Å². The molecule has 0 saturated carbocycles. The van der Waals surface area contributed by atoms with Gasteiger partial charge in [-0.25, -0.2) is 0 Å². The van der Waals surface area contributed by atoms with Gasteiger partial charge in [-0.2, -0.15) is 0 Å². The lowest BCUT2D eigenvalue weighted by Crippen LogP contribution is -1.89. The van der Waals surface area contributed by atoms with Crippen molar-refractivity contribution >= 4 is 21.5 Å². The second kappa shape index (κ2) is 3.27. The molecule has 2 heteroatoms. The van der Waals surface area contributed by atoms with Crippen LogP contribution in [0, 0.1) is 13.8 Å². The van der Waals surface area contributed by atoms with Crippen LogP contribution >= 0.6 is 0 Å². The zero-order chi connectivity index (χ0) is 11.1. The molecule has 0 atom stereocenters. The Bertz CT molecular complexity index is 626. The summed E-state index contributed by atoms with van der Waals surface area (Å²) in [6.07, 6.45) is 3.71. The number of benzene rings is 1. The van der Waals surface area contributed by atoms with Crippen molar-refractivity contribution in [2.45, 2.75) is 13.8 Å². The molecule has 3 rings (SSSR count). The van der Waals surface area contributed by atoms with Gasteiger partial charge in [0.15, 0.2) is 0 Å². The molecule has 0 N–H and O–H groups in total. The molecule has 0 aliphatic carbocycles. The largest absolute Gasteiger partial charge is 0.261 e. The van der Waals surface area contributed by atoms with Crippen molar-refractivity contribution in [1.29, 1.82) is 0 Å². The van der Waals surface area contributed by atoms with Crippen LogP contribution in [0.4, 0.5) is 0 Å². The highest BCUT2D eigenvalue weighted by atomic mass is 14.7. The number of rotatable bonds is 0. The quantitative estimate of drug-likeness (QED) is 0.529. The third-order valence-electron chi connectivity index (χ3n) is 3.04. The summed E-state index contributed by atoms with van der Waals surface area (Å²) in [6, 6.07) is 8.39. The Morgan fingerprint density at radius 2 is 1.12 bits per heavy atom. The maximum Gasteiger partial charge on any atom is 0.0457 e. The van der Waals surface area contributed by atoms with Gasteiger partial charge in [-0.1, -0.05) is 12.1 Å². The van der Waals surface area contributed by atoms with Gasteiger partial charge in [-0.15, -0.1) is 0 Å². The van der Waals surface area contributed by atoms with Crippen LogP contribution in [0.3, 0.4) is 0 Å². The first-order valence-electron chi connectivity index (χ1n) is 5.37. The monoisotopic (exact) mass is 208 g/mol. The van der Waals surface area contributed by atoms with Crippen molar-refractivity contribution in [2.24, 2.45) is 0 Å². The summed E-state index contributed by atoms with van der Waals surface area (Å²) < 4.78 is 0. The molecule has 0 aliphatic heterocycles. The lowest BCUT2D eigenvalue weighted by atomic mass is 10.0. The topological polar surface area (TPSA) is 25.8 Å². The Hall–Kier alpha value is -1.96. The van der Waals surface area contributed by atoms with Crippen molar-refractivity contribution in [1.82, 2.24) is 9.97 Å². The van der Waals surface area contributed by atoms with Crippen LogP contribution in [0.2, 0.25) is 0 Å². The average molecular weight is 208 g/mol. The second-order valence-electron chi connectivity index (χ2n) is 4.05. The maximum atomic E-state index is 4.37. The molecule has 2 aromatic heterocycles. The molecule has 0 spiro atoms. The summed E-state index contributed by atoms with van der Waals surface area (Å²) in [4.78, 5) is 8.74. The number of pyridine rings is 2. The van der Waals surface area contributed by atoms with E-state index in [0.29, 0.717) is 0 Å². The normalized spacial score (nSPS) is 11.1. The van der Waals surface area contributed by atoms with Gasteiger partial charge < -0.3 is 0 Å². The fourth-order valence-electron chi connectivity index (χ4n) is 2.28. The first-order valence-corrected chi connectivity index (χ1v) is 5.37. The van der Waals surface area contributed by atoms with Crippen LogP contribution in [0.25, 0.3) is 21.5 Å². The van der Waals surface area contributed by atoms with E-state index in [-0.39, 0.29) is 0 Å². The molecule has 0 bridgehead atoms. The van der Waals surface area contributed by atoms with Gasteiger partial charge in [0, 0.05) is 34.6 Å². The Balaban J connectivity index is 2.67. The molecule has 0 unspecified atom stereocenters. The van der Waals surface area contributed by atoms with Gasteiger partial charge in [0.05, 0.1) is 0 Å². The molecule has 78 valence electrons. The maximum absolute atomic E-state index is 4.37. The third kappa shape index (κ3) is 1.20. The number of hydrogen-bond donors (Lipinski definition) is 0. The van der Waals surface area contributed by atoms with E-state index in [1.807, 2.05) is 38.4 Å². The van der Waals surface area contributed by atoms with Crippen LogP contribution in [0.15, 0.2) is 36.7 Å². The molecule has 2 nitrogen and oxygen atoms in total. The number of hydrogen-bond acceptors (Lipinski definition) is 2. The fourth-order valence-corrected chi connectivity index (χ4v) is 2.28. The molecular formula is C14H12N2. The highest BCUT2D eigenvalue weighted by molar-refractivity contribution is 6.09. The summed E-state index contributed by atoms with van der Waals surface area (Å²) in [5.74, 6) is 0. The van der Waals surface area contributed by atoms with Gasteiger partial charge in [0.1, 0.15) is 0 Å². The summed E-state index contributed by atoms with van der Waals surface area (Å²) in [7, 11) is 0. The van der Waals surface area contributed by atoms with Gasteiger partial charge in [0.2, 0.25) is 0 Å². The van der Waals surface area contributed by atoms with Crippen molar-refractivity contribution in [3.63, 3.8) is 0 Å². The average Bonchev–Trinajstić information content (AvgIpc) is 2.29. The SMILES string of the molecule is Cc1nccc2ccc3ccnc(C)c3c12. The van der Waals surface area contributed by atoms with E-state index in [1.54, 1.807) is 0 Å². The predicted octanol–water partition coefficient (Wildman–Crippen LogP) is 3.40. The lowest BCUT2D eigenvalue weighted by Gasteiger charge is -2.07. The van der Waals surface area contributed by atoms with Gasteiger partial charge in [-0.05, 0) is 36.8 Å². The Labute approximate surface area is 94.0 Å². The van der Waals surface area contributed by atoms with E-state index in [2.05, 4.69) is 22.1 Å². The summed E-state index contributed by atoms with van der Waals surface area (Å²) in [5.41, 5.74) is 2.14. The predicted molar refractivity (Wildman–Crippen MR) is 66.5 cm³/mol. The van der Waals surface area contributed by atoms with E-state index in [9.17, 15) is 0 Å². The molecule has 1 aromatic carbocycles. The molecule has 3 aromatic rings. The fraction of sp³-hybridized carbons (Fsp3) is 0.143. The van der Waals surface area contributed by atoms with Gasteiger partial charge in [0.25, 0.3) is 0 Å². The number of aryl methyl sites for hydroxylation is 2.